The molecular formula is C28H22F2N8O16S5. The smallest absolute Gasteiger partial charge is 0.397 e. The predicted molar refractivity (Wildman–Crippen MR) is 196 cm³/mol. The van der Waals surface area contributed by atoms with Crippen molar-refractivity contribution >= 4 is 103 Å². The highest BCUT2D eigenvalue weighted by Crippen LogP contribution is 2.50. The molecule has 31 heteroatoms. The van der Waals surface area contributed by atoms with Gasteiger partial charge in [0, 0.05) is 11.8 Å². The molecule has 0 saturated heterocycles. The van der Waals surface area contributed by atoms with E-state index in [1.165, 1.54) is 0 Å². The van der Waals surface area contributed by atoms with Crippen LogP contribution in [-0.4, -0.2) is 80.0 Å². The minimum absolute atomic E-state index is 0.114. The first-order chi connectivity index (χ1) is 27.5. The first-order valence-electron chi connectivity index (χ1n) is 15.1. The maximum atomic E-state index is 13.6. The number of aromatic nitrogens is 2. The molecule has 314 valence electrons. The molecule has 8 N–H and O–H groups in total. The number of phenols is 1. The molecule has 0 unspecified atom stereocenters. The van der Waals surface area contributed by atoms with Crippen molar-refractivity contribution in [3.8, 4) is 5.75 Å². The standard InChI is InChI=1S/C28H22F2N8O16S5/c29-21-12-22(34-28(30)33-21)32-15-3-6-19(57(43,44)45)17(11-15)36-37-25-18(55-54-53-40)9-13-10-20(58(46,47)48)26(24(31)23(13)27(25)39)38-35-14-1-4-16(5-2-14)56(41,42)8-7-52-59(49,50)51/h1-6,9-12,39-40H,7-8,31H2,(H,32,33,34)(H,43,44,45)(H,46,47,48)(H,49,50,51)/b37-36+,38-35+. The van der Waals surface area contributed by atoms with Crippen molar-refractivity contribution < 1.29 is 80.0 Å². The molecule has 24 nitrogen and oxygen atoms in total. The molecule has 0 aliphatic carbocycles. The molecule has 0 bridgehead atoms. The average Bonchev–Trinajstić information content (AvgIpc) is 3.11. The van der Waals surface area contributed by atoms with E-state index >= 15 is 0 Å². The molecule has 0 radical (unpaired) electrons. The highest BCUT2D eigenvalue weighted by atomic mass is 32.3. The maximum absolute atomic E-state index is 13.6. The van der Waals surface area contributed by atoms with E-state index in [9.17, 15) is 56.7 Å². The molecule has 5 rings (SSSR count). The third-order valence-electron chi connectivity index (χ3n) is 7.23. The number of hydrogen-bond acceptors (Lipinski definition) is 22. The first-order valence-corrected chi connectivity index (χ1v) is 21.7. The molecule has 0 aliphatic heterocycles. The normalized spacial score (nSPS) is 12.8. The lowest BCUT2D eigenvalue weighted by Gasteiger charge is -2.14. The predicted octanol–water partition coefficient (Wildman–Crippen LogP) is 5.29. The van der Waals surface area contributed by atoms with Crippen LogP contribution in [0.5, 0.6) is 5.75 Å². The van der Waals surface area contributed by atoms with Crippen molar-refractivity contribution in [2.24, 2.45) is 20.5 Å². The van der Waals surface area contributed by atoms with Crippen LogP contribution in [0.1, 0.15) is 0 Å². The Balaban J connectivity index is 1.60. The van der Waals surface area contributed by atoms with Crippen molar-refractivity contribution in [2.75, 3.05) is 23.4 Å². The lowest BCUT2D eigenvalue weighted by Crippen LogP contribution is -2.15. The third kappa shape index (κ3) is 11.2. The van der Waals surface area contributed by atoms with Gasteiger partial charge in [0.25, 0.3) is 20.2 Å². The third-order valence-corrected chi connectivity index (χ3v) is 11.8. The Kier molecular flexibility index (Phi) is 13.2. The summed E-state index contributed by atoms with van der Waals surface area (Å²) in [5.41, 5.74) is 3.25. The van der Waals surface area contributed by atoms with Crippen LogP contribution in [0.2, 0.25) is 0 Å². The highest BCUT2D eigenvalue weighted by Gasteiger charge is 2.26. The summed E-state index contributed by atoms with van der Waals surface area (Å²) < 4.78 is 160. The Hall–Kier alpha value is -5.45. The van der Waals surface area contributed by atoms with Crippen LogP contribution in [-0.2, 0) is 54.0 Å². The number of halogens is 2. The monoisotopic (exact) mass is 924 g/mol. The molecule has 0 amide bonds. The number of rotatable bonds is 16. The zero-order chi connectivity index (χ0) is 43.5. The number of anilines is 3. The van der Waals surface area contributed by atoms with Gasteiger partial charge < -0.3 is 16.2 Å². The minimum Gasteiger partial charge on any atom is -0.505 e. The average molecular weight is 925 g/mol. The Morgan fingerprint density at radius 1 is 0.797 bits per heavy atom. The topological polar surface area (TPSA) is 379 Å². The molecule has 0 spiro atoms. The van der Waals surface area contributed by atoms with Crippen LogP contribution in [0.25, 0.3) is 10.8 Å². The van der Waals surface area contributed by atoms with E-state index in [4.69, 9.17) is 15.5 Å². The summed E-state index contributed by atoms with van der Waals surface area (Å²) in [4.78, 5) is 3.64. The number of nitrogens with zero attached hydrogens (tertiary/aromatic N) is 6. The van der Waals surface area contributed by atoms with Gasteiger partial charge in [-0.3, -0.25) is 13.7 Å². The van der Waals surface area contributed by atoms with E-state index in [0.717, 1.165) is 54.6 Å². The summed E-state index contributed by atoms with van der Waals surface area (Å²) in [6, 6.07) is 9.48. The van der Waals surface area contributed by atoms with Crippen molar-refractivity contribution in [1.82, 2.24) is 9.97 Å². The number of nitrogens with two attached hydrogens (primary N) is 1. The van der Waals surface area contributed by atoms with E-state index in [2.05, 4.69) is 49.3 Å². The van der Waals surface area contributed by atoms with E-state index in [0.29, 0.717) is 6.07 Å². The lowest BCUT2D eigenvalue weighted by molar-refractivity contribution is -0.432. The van der Waals surface area contributed by atoms with Crippen LogP contribution in [0.15, 0.2) is 101 Å². The van der Waals surface area contributed by atoms with Crippen molar-refractivity contribution in [1.29, 1.82) is 0 Å². The first kappa shape index (κ1) is 44.6. The molecule has 5 aromatic rings. The molecule has 0 atom stereocenters. The van der Waals surface area contributed by atoms with Gasteiger partial charge in [-0.15, -0.1) is 19.7 Å². The van der Waals surface area contributed by atoms with Crippen LogP contribution < -0.4 is 11.1 Å². The Morgan fingerprint density at radius 3 is 2.07 bits per heavy atom. The number of nitrogen functional groups attached to an aromatic ring is 1. The van der Waals surface area contributed by atoms with Crippen LogP contribution in [0.3, 0.4) is 0 Å². The molecule has 4 aromatic carbocycles. The largest absolute Gasteiger partial charge is 0.505 e. The van der Waals surface area contributed by atoms with Crippen LogP contribution >= 0.6 is 12.0 Å². The second-order valence-corrected chi connectivity index (χ2v) is 17.8. The van der Waals surface area contributed by atoms with Crippen molar-refractivity contribution in [2.45, 2.75) is 19.6 Å². The number of nitrogens with one attached hydrogen (secondary N) is 1. The van der Waals surface area contributed by atoms with E-state index in [-0.39, 0.29) is 38.6 Å². The van der Waals surface area contributed by atoms with Crippen LogP contribution in [0, 0.1) is 12.0 Å². The molecule has 0 saturated carbocycles. The fraction of sp³-hybridized carbons (Fsp3) is 0.0714. The molecule has 0 fully saturated rings. The van der Waals surface area contributed by atoms with Gasteiger partial charge in [0.05, 0.1) is 51.0 Å². The number of aromatic hydroxyl groups is 1. The second kappa shape index (κ2) is 17.4. The highest BCUT2D eigenvalue weighted by molar-refractivity contribution is 7.94. The van der Waals surface area contributed by atoms with Gasteiger partial charge in [0.2, 0.25) is 5.95 Å². The molecule has 59 heavy (non-hydrogen) atoms. The summed E-state index contributed by atoms with van der Waals surface area (Å²) in [5, 5.41) is 40.8. The maximum Gasteiger partial charge on any atom is 0.397 e. The summed E-state index contributed by atoms with van der Waals surface area (Å²) in [6.45, 7) is -0.908. The minimum atomic E-state index is -5.19. The Morgan fingerprint density at radius 2 is 1.46 bits per heavy atom. The number of fused-ring (bicyclic) bond motifs is 1. The van der Waals surface area contributed by atoms with Gasteiger partial charge in [0.1, 0.15) is 32.7 Å². The van der Waals surface area contributed by atoms with Crippen molar-refractivity contribution in [3.05, 3.63) is 72.7 Å². The Bertz CT molecular complexity index is 2960. The fourth-order valence-corrected chi connectivity index (χ4v) is 8.07. The van der Waals surface area contributed by atoms with Gasteiger partial charge in [-0.1, -0.05) is 5.04 Å². The van der Waals surface area contributed by atoms with Gasteiger partial charge in [-0.05, 0) is 60.0 Å². The molecule has 0 aliphatic rings. The lowest BCUT2D eigenvalue weighted by atomic mass is 10.1. The van der Waals surface area contributed by atoms with Gasteiger partial charge in [-0.2, -0.15) is 49.1 Å². The molecular weight excluding hydrogens is 903 g/mol. The number of sulfone groups is 1. The number of benzene rings is 4. The van der Waals surface area contributed by atoms with E-state index in [1.54, 1.807) is 0 Å². The summed E-state index contributed by atoms with van der Waals surface area (Å²) in [6.07, 6.45) is -1.45. The zero-order valence-corrected chi connectivity index (χ0v) is 32.6. The number of azo groups is 2. The zero-order valence-electron chi connectivity index (χ0n) is 28.5. The van der Waals surface area contributed by atoms with Gasteiger partial charge in [0.15, 0.2) is 15.6 Å². The van der Waals surface area contributed by atoms with Crippen LogP contribution in [0.4, 0.5) is 48.7 Å². The number of hydrogen-bond donors (Lipinski definition) is 7. The van der Waals surface area contributed by atoms with E-state index in [1.807, 2.05) is 0 Å². The second-order valence-electron chi connectivity index (χ2n) is 11.1. The van der Waals surface area contributed by atoms with Gasteiger partial charge >= 0.3 is 16.5 Å². The molecule has 1 aromatic heterocycles. The summed E-state index contributed by atoms with van der Waals surface area (Å²) in [5.74, 6) is -3.50. The van der Waals surface area contributed by atoms with E-state index < -0.39 is 114 Å². The number of phenolic OH excluding ortho intramolecular Hbond substituents is 1. The van der Waals surface area contributed by atoms with Gasteiger partial charge in [-0.25, -0.2) is 17.9 Å². The SMILES string of the molecule is Nc1c(/N=N/c2ccc(S(=O)(=O)CCOS(=O)(=O)O)cc2)c(S(=O)(=O)O)cc2cc(SOOO)c(/N=N/c3cc(Nc4cc(F)nc(F)n4)ccc3S(=O)(=O)O)c(O)c12. The fourth-order valence-electron chi connectivity index (χ4n) is 4.81. The summed E-state index contributed by atoms with van der Waals surface area (Å²) >= 11 is 0.134. The Labute approximate surface area is 333 Å². The molecule has 1 heterocycles. The quantitative estimate of drug-likeness (QED) is 0.00966. The summed E-state index contributed by atoms with van der Waals surface area (Å²) in [7, 11) is -19.3. The van der Waals surface area contributed by atoms with Crippen molar-refractivity contribution in [3.63, 3.8) is 0 Å².